The number of halogens is 1. The van der Waals surface area contributed by atoms with Crippen molar-refractivity contribution in [1.29, 1.82) is 0 Å². The lowest BCUT2D eigenvalue weighted by Gasteiger charge is -2.29. The Morgan fingerprint density at radius 1 is 0.857 bits per heavy atom. The minimum Gasteiger partial charge on any atom is -0.370 e. The van der Waals surface area contributed by atoms with Gasteiger partial charge in [-0.2, -0.15) is 0 Å². The third-order valence-corrected chi connectivity index (χ3v) is 6.50. The molecule has 1 aromatic carbocycles. The SMILES string of the molecule is CCCO[Si](OCCC)(OCCCCI)c1ccccc1. The van der Waals surface area contributed by atoms with Gasteiger partial charge in [0.1, 0.15) is 0 Å². The Kier molecular flexibility index (Phi) is 10.5. The van der Waals surface area contributed by atoms with E-state index in [-0.39, 0.29) is 0 Å². The average Bonchev–Trinajstić information content (AvgIpc) is 2.54. The fraction of sp³-hybridized carbons (Fsp3) is 0.625. The maximum absolute atomic E-state index is 6.21. The number of alkyl halides is 1. The van der Waals surface area contributed by atoms with E-state index in [9.17, 15) is 0 Å². The quantitative estimate of drug-likeness (QED) is 0.221. The lowest BCUT2D eigenvalue weighted by Crippen LogP contribution is -2.57. The molecule has 0 unspecified atom stereocenters. The van der Waals surface area contributed by atoms with Crippen LogP contribution in [0, 0.1) is 0 Å². The van der Waals surface area contributed by atoms with Crippen molar-refractivity contribution in [2.45, 2.75) is 39.5 Å². The molecule has 120 valence electrons. The molecule has 1 aromatic rings. The number of hydrogen-bond donors (Lipinski definition) is 0. The van der Waals surface area contributed by atoms with E-state index in [2.05, 4.69) is 48.6 Å². The highest BCUT2D eigenvalue weighted by atomic mass is 127. The number of unbranched alkanes of at least 4 members (excludes halogenated alkanes) is 1. The van der Waals surface area contributed by atoms with Gasteiger partial charge in [-0.25, -0.2) is 0 Å². The zero-order valence-electron chi connectivity index (χ0n) is 13.1. The maximum Gasteiger partial charge on any atom is 0.537 e. The first-order valence-electron chi connectivity index (χ1n) is 7.82. The largest absolute Gasteiger partial charge is 0.537 e. The van der Waals surface area contributed by atoms with E-state index in [1.54, 1.807) is 0 Å². The molecular formula is C16H27IO3Si. The molecule has 0 saturated carbocycles. The Morgan fingerprint density at radius 3 is 1.95 bits per heavy atom. The first kappa shape index (κ1) is 19.1. The summed E-state index contributed by atoms with van der Waals surface area (Å²) in [6, 6.07) is 10.2. The second-order valence-corrected chi connectivity index (χ2v) is 8.50. The Hall–Kier alpha value is 0.0469. The number of hydrogen-bond acceptors (Lipinski definition) is 3. The topological polar surface area (TPSA) is 27.7 Å². The minimum absolute atomic E-state index is 0.678. The van der Waals surface area contributed by atoms with Gasteiger partial charge in [-0.1, -0.05) is 66.8 Å². The van der Waals surface area contributed by atoms with Crippen molar-refractivity contribution in [3.05, 3.63) is 30.3 Å². The Bertz CT molecular complexity index is 354. The van der Waals surface area contributed by atoms with Crippen LogP contribution in [0.2, 0.25) is 0 Å². The van der Waals surface area contributed by atoms with Crippen molar-refractivity contribution >= 4 is 36.6 Å². The van der Waals surface area contributed by atoms with Gasteiger partial charge in [0, 0.05) is 25.0 Å². The first-order valence-corrected chi connectivity index (χ1v) is 11.1. The predicted molar refractivity (Wildman–Crippen MR) is 98.4 cm³/mol. The van der Waals surface area contributed by atoms with Crippen LogP contribution in [0.3, 0.4) is 0 Å². The molecule has 0 atom stereocenters. The first-order chi connectivity index (χ1) is 10.3. The lowest BCUT2D eigenvalue weighted by atomic mass is 10.4. The van der Waals surface area contributed by atoms with Crippen LogP contribution in [0.25, 0.3) is 0 Å². The minimum atomic E-state index is -2.77. The number of rotatable bonds is 12. The molecule has 0 aliphatic carbocycles. The lowest BCUT2D eigenvalue weighted by molar-refractivity contribution is 0.0722. The highest BCUT2D eigenvalue weighted by Crippen LogP contribution is 2.13. The molecule has 0 fully saturated rings. The summed E-state index contributed by atoms with van der Waals surface area (Å²) in [5.74, 6) is 0. The molecule has 5 heteroatoms. The summed E-state index contributed by atoms with van der Waals surface area (Å²) in [5, 5.41) is 1.07. The van der Waals surface area contributed by atoms with Crippen molar-refractivity contribution in [1.82, 2.24) is 0 Å². The van der Waals surface area contributed by atoms with E-state index >= 15 is 0 Å². The summed E-state index contributed by atoms with van der Waals surface area (Å²) in [5.41, 5.74) is 0. The van der Waals surface area contributed by atoms with E-state index in [0.29, 0.717) is 19.8 Å². The Balaban J connectivity index is 2.85. The van der Waals surface area contributed by atoms with Crippen LogP contribution in [-0.2, 0) is 13.3 Å². The van der Waals surface area contributed by atoms with E-state index in [1.165, 1.54) is 6.42 Å². The van der Waals surface area contributed by atoms with Crippen LogP contribution >= 0.6 is 22.6 Å². The van der Waals surface area contributed by atoms with E-state index in [0.717, 1.165) is 28.9 Å². The van der Waals surface area contributed by atoms with Crippen molar-refractivity contribution < 1.29 is 13.3 Å². The van der Waals surface area contributed by atoms with Gasteiger partial charge in [0.15, 0.2) is 0 Å². The van der Waals surface area contributed by atoms with Crippen molar-refractivity contribution in [2.75, 3.05) is 24.2 Å². The highest BCUT2D eigenvalue weighted by Gasteiger charge is 2.43. The molecule has 0 saturated heterocycles. The summed E-state index contributed by atoms with van der Waals surface area (Å²) >= 11 is 2.40. The summed E-state index contributed by atoms with van der Waals surface area (Å²) in [6.45, 7) is 6.28. The van der Waals surface area contributed by atoms with E-state index < -0.39 is 8.80 Å². The maximum atomic E-state index is 6.21. The van der Waals surface area contributed by atoms with Gasteiger partial charge in [-0.15, -0.1) is 0 Å². The normalized spacial score (nSPS) is 11.8. The van der Waals surface area contributed by atoms with Gasteiger partial charge in [0.25, 0.3) is 0 Å². The summed E-state index contributed by atoms with van der Waals surface area (Å²) in [4.78, 5) is 0. The molecule has 0 N–H and O–H groups in total. The molecule has 0 aliphatic rings. The number of benzene rings is 1. The molecule has 0 aliphatic heterocycles. The third kappa shape index (κ3) is 6.77. The molecule has 0 amide bonds. The molecule has 3 nitrogen and oxygen atoms in total. The fourth-order valence-electron chi connectivity index (χ4n) is 1.89. The molecule has 0 radical (unpaired) electrons. The Labute approximate surface area is 143 Å². The van der Waals surface area contributed by atoms with Crippen LogP contribution < -0.4 is 5.19 Å². The van der Waals surface area contributed by atoms with Gasteiger partial charge in [-0.05, 0) is 30.1 Å². The van der Waals surface area contributed by atoms with Crippen LogP contribution in [0.5, 0.6) is 0 Å². The standard InChI is InChI=1S/C16H27IO3Si/c1-3-13-18-21(19-14-4-2,20-15-9-8-12-17)16-10-6-5-7-11-16/h5-7,10-11H,3-4,8-9,12-15H2,1-2H3. The van der Waals surface area contributed by atoms with Crippen LogP contribution in [0.4, 0.5) is 0 Å². The molecular weight excluding hydrogens is 395 g/mol. The second-order valence-electron chi connectivity index (χ2n) is 4.86. The summed E-state index contributed by atoms with van der Waals surface area (Å²) in [7, 11) is -2.77. The van der Waals surface area contributed by atoms with Gasteiger partial charge >= 0.3 is 8.80 Å². The van der Waals surface area contributed by atoms with Gasteiger partial charge < -0.3 is 13.3 Å². The zero-order valence-corrected chi connectivity index (χ0v) is 16.3. The molecule has 0 aromatic heterocycles. The summed E-state index contributed by atoms with van der Waals surface area (Å²) < 4.78 is 19.7. The zero-order chi connectivity index (χ0) is 15.4. The predicted octanol–water partition coefficient (Wildman–Crippen LogP) is 3.92. The van der Waals surface area contributed by atoms with Crippen LogP contribution in [0.15, 0.2) is 30.3 Å². The average molecular weight is 422 g/mol. The smallest absolute Gasteiger partial charge is 0.370 e. The van der Waals surface area contributed by atoms with Gasteiger partial charge in [0.2, 0.25) is 0 Å². The van der Waals surface area contributed by atoms with Crippen LogP contribution in [-0.4, -0.2) is 33.1 Å². The molecule has 0 bridgehead atoms. The molecule has 21 heavy (non-hydrogen) atoms. The van der Waals surface area contributed by atoms with Gasteiger partial charge in [0.05, 0.1) is 0 Å². The molecule has 0 spiro atoms. The van der Waals surface area contributed by atoms with Crippen molar-refractivity contribution in [3.8, 4) is 0 Å². The van der Waals surface area contributed by atoms with E-state index in [4.69, 9.17) is 13.3 Å². The van der Waals surface area contributed by atoms with Crippen molar-refractivity contribution in [3.63, 3.8) is 0 Å². The van der Waals surface area contributed by atoms with E-state index in [1.807, 2.05) is 18.2 Å². The van der Waals surface area contributed by atoms with Gasteiger partial charge in [-0.3, -0.25) is 0 Å². The molecule has 0 heterocycles. The highest BCUT2D eigenvalue weighted by molar-refractivity contribution is 14.1. The fourth-order valence-corrected chi connectivity index (χ4v) is 5.14. The van der Waals surface area contributed by atoms with Crippen molar-refractivity contribution in [2.24, 2.45) is 0 Å². The molecule has 1 rings (SSSR count). The van der Waals surface area contributed by atoms with Crippen LogP contribution in [0.1, 0.15) is 39.5 Å². The second kappa shape index (κ2) is 11.6. The Morgan fingerprint density at radius 2 is 1.43 bits per heavy atom. The monoisotopic (exact) mass is 422 g/mol. The summed E-state index contributed by atoms with van der Waals surface area (Å²) in [6.07, 6.45) is 4.15. The third-order valence-electron chi connectivity index (χ3n) is 2.94.